The Morgan fingerprint density at radius 1 is 0.896 bits per heavy atom. The molecule has 20 heteroatoms. The van der Waals surface area contributed by atoms with Gasteiger partial charge in [0.2, 0.25) is 41.4 Å². The number of aliphatic hydroxyl groups is 3. The summed E-state index contributed by atoms with van der Waals surface area (Å²) in [4.78, 5) is 101. The lowest BCUT2D eigenvalue weighted by Crippen LogP contribution is -2.51. The van der Waals surface area contributed by atoms with Crippen molar-refractivity contribution < 1.29 is 53.7 Å². The molecule has 0 radical (unpaired) electrons. The zero-order chi connectivity index (χ0) is 35.8. The summed E-state index contributed by atoms with van der Waals surface area (Å²) < 4.78 is 0. The second-order valence-corrected chi connectivity index (χ2v) is 13.6. The quantitative estimate of drug-likeness (QED) is 0.0297. The molecule has 2 heterocycles. The van der Waals surface area contributed by atoms with E-state index < -0.39 is 58.8 Å². The minimum atomic E-state index is -1.14. The van der Waals surface area contributed by atoms with Gasteiger partial charge in [0.25, 0.3) is 0 Å². The summed E-state index contributed by atoms with van der Waals surface area (Å²) in [5.41, 5.74) is 5.42. The molecule has 0 bridgehead atoms. The molecule has 0 aliphatic carbocycles. The third-order valence-corrected chi connectivity index (χ3v) is 9.52. The molecule has 2 aliphatic rings. The van der Waals surface area contributed by atoms with E-state index in [1.807, 2.05) is 0 Å². The second kappa shape index (κ2) is 21.1. The average Bonchev–Trinajstić information content (AvgIpc) is 3.46. The zero-order valence-corrected chi connectivity index (χ0v) is 28.4. The molecule has 2 rings (SSSR count). The second-order valence-electron chi connectivity index (χ2n) is 11.0. The molecule has 7 amide bonds. The van der Waals surface area contributed by atoms with Gasteiger partial charge in [0.1, 0.15) is 11.8 Å². The predicted octanol–water partition coefficient (Wildman–Crippen LogP) is -4.64. The van der Waals surface area contributed by atoms with Crippen molar-refractivity contribution in [1.82, 2.24) is 30.7 Å². The maximum atomic E-state index is 12.8. The number of carbonyl (C=O) groups is 8. The summed E-state index contributed by atoms with van der Waals surface area (Å²) >= 11 is 2.31. The highest BCUT2D eigenvalue weighted by Crippen LogP contribution is 2.25. The van der Waals surface area contributed by atoms with E-state index in [0.29, 0.717) is 0 Å². The molecule has 0 spiro atoms. The molecule has 0 aromatic heterocycles. The van der Waals surface area contributed by atoms with Crippen molar-refractivity contribution in [2.75, 3.05) is 70.7 Å². The van der Waals surface area contributed by atoms with Gasteiger partial charge < -0.3 is 37.0 Å². The Hall–Kier alpha value is -3.14. The van der Waals surface area contributed by atoms with Gasteiger partial charge in [-0.15, -0.1) is 23.5 Å². The van der Waals surface area contributed by atoms with E-state index in [-0.39, 0.29) is 107 Å². The summed E-state index contributed by atoms with van der Waals surface area (Å²) in [6.07, 6.45) is -1.55. The molecule has 18 nitrogen and oxygen atoms in total. The van der Waals surface area contributed by atoms with Crippen LogP contribution in [-0.4, -0.2) is 170 Å². The van der Waals surface area contributed by atoms with Crippen LogP contribution in [0.2, 0.25) is 0 Å². The van der Waals surface area contributed by atoms with Crippen LogP contribution in [-0.2, 0) is 38.4 Å². The van der Waals surface area contributed by atoms with Crippen molar-refractivity contribution in [3.8, 4) is 0 Å². The van der Waals surface area contributed by atoms with Gasteiger partial charge in [0.15, 0.2) is 0 Å². The van der Waals surface area contributed by atoms with Crippen LogP contribution in [0.5, 0.6) is 0 Å². The molecule has 2 aliphatic heterocycles. The number of likely N-dealkylation sites (tertiary alicyclic amines) is 2. The molecule has 8 N–H and O–H groups in total. The number of hydrogen-bond donors (Lipinski definition) is 7. The smallest absolute Gasteiger partial charge is 0.242 e. The number of carbonyl (C=O) groups excluding carboxylic acids is 8. The molecule has 4 unspecified atom stereocenters. The zero-order valence-electron chi connectivity index (χ0n) is 26.8. The summed E-state index contributed by atoms with van der Waals surface area (Å²) in [5.74, 6) is -3.04. The van der Waals surface area contributed by atoms with Gasteiger partial charge in [-0.3, -0.25) is 53.1 Å². The molecule has 2 saturated heterocycles. The molecule has 0 aromatic rings. The molecular formula is C28H45N7O11S2. The van der Waals surface area contributed by atoms with Crippen LogP contribution < -0.4 is 21.7 Å². The molecular weight excluding hydrogens is 674 g/mol. The standard InChI is InChI=1S/C28H45N7O11S2/c1-17(38)14-33(7-8-36)19(15-37)26(44)30-4-9-47-20-10-24(42)34(27(20)45)5-2-22(40)31-12-18(39)13-32-23(41)3-6-35-25(43)11-21(28(35)46)48-16-29/h18-21,36-37,39H,2-16,29H2,1H3,(H,30,44)(H,31,40)(H,32,41). The first kappa shape index (κ1) is 41.0. The number of ketones is 1. The van der Waals surface area contributed by atoms with Gasteiger partial charge in [-0.2, -0.15) is 0 Å². The van der Waals surface area contributed by atoms with E-state index in [0.717, 1.165) is 33.3 Å². The highest BCUT2D eigenvalue weighted by atomic mass is 32.2. The molecule has 48 heavy (non-hydrogen) atoms. The Morgan fingerprint density at radius 3 is 1.88 bits per heavy atom. The highest BCUT2D eigenvalue weighted by molar-refractivity contribution is 8.00. The minimum absolute atomic E-state index is 0.0175. The average molecular weight is 720 g/mol. The monoisotopic (exact) mass is 719 g/mol. The number of nitrogens with two attached hydrogens (primary N) is 1. The minimum Gasteiger partial charge on any atom is -0.395 e. The van der Waals surface area contributed by atoms with E-state index in [1.165, 1.54) is 11.8 Å². The number of Topliss-reactive ketones (excluding diaryl/α,β-unsaturated/α-hetero) is 1. The number of imide groups is 2. The number of hydrogen-bond acceptors (Lipinski definition) is 15. The fourth-order valence-corrected chi connectivity index (χ4v) is 6.71. The normalized spacial score (nSPS) is 19.2. The van der Waals surface area contributed by atoms with E-state index in [4.69, 9.17) is 5.73 Å². The molecule has 2 fully saturated rings. The lowest BCUT2D eigenvalue weighted by Gasteiger charge is -2.27. The lowest BCUT2D eigenvalue weighted by atomic mass is 10.2. The SMILES string of the molecule is CC(=O)CN(CCO)C(CO)C(=O)NCCSC1CC(=O)N(CCC(=O)NCC(O)CNC(=O)CCN2C(=O)CC(SCN)C2=O)C1=O. The Labute approximate surface area is 286 Å². The number of nitrogens with one attached hydrogen (secondary N) is 3. The number of thioether (sulfide) groups is 2. The first-order valence-corrected chi connectivity index (χ1v) is 17.5. The van der Waals surface area contributed by atoms with Gasteiger partial charge in [-0.25, -0.2) is 0 Å². The molecule has 4 atom stereocenters. The van der Waals surface area contributed by atoms with Crippen LogP contribution in [0, 0.1) is 0 Å². The fourth-order valence-electron chi connectivity index (χ4n) is 4.91. The van der Waals surface area contributed by atoms with E-state index in [1.54, 1.807) is 0 Å². The van der Waals surface area contributed by atoms with Crippen molar-refractivity contribution in [3.63, 3.8) is 0 Å². The van der Waals surface area contributed by atoms with Gasteiger partial charge in [0.05, 0.1) is 36.4 Å². The van der Waals surface area contributed by atoms with Crippen LogP contribution in [0.1, 0.15) is 32.6 Å². The van der Waals surface area contributed by atoms with Gasteiger partial charge in [-0.1, -0.05) is 0 Å². The molecule has 0 saturated carbocycles. The highest BCUT2D eigenvalue weighted by Gasteiger charge is 2.39. The van der Waals surface area contributed by atoms with Gasteiger partial charge >= 0.3 is 0 Å². The van der Waals surface area contributed by atoms with Crippen molar-refractivity contribution in [2.45, 2.75) is 55.3 Å². The van der Waals surface area contributed by atoms with E-state index in [9.17, 15) is 53.7 Å². The lowest BCUT2D eigenvalue weighted by molar-refractivity contribution is -0.140. The summed E-state index contributed by atoms with van der Waals surface area (Å²) in [5, 5.41) is 35.3. The third-order valence-electron chi connectivity index (χ3n) is 7.35. The maximum Gasteiger partial charge on any atom is 0.242 e. The topological polar surface area (TPSA) is 269 Å². The Kier molecular flexibility index (Phi) is 18.0. The summed E-state index contributed by atoms with van der Waals surface area (Å²) in [6.45, 7) is -0.214. The third kappa shape index (κ3) is 13.1. The van der Waals surface area contributed by atoms with Crippen LogP contribution >= 0.6 is 23.5 Å². The van der Waals surface area contributed by atoms with Gasteiger partial charge in [-0.05, 0) is 6.92 Å². The van der Waals surface area contributed by atoms with Crippen molar-refractivity contribution in [2.24, 2.45) is 5.73 Å². The maximum absolute atomic E-state index is 12.8. The largest absolute Gasteiger partial charge is 0.395 e. The Balaban J connectivity index is 1.65. The molecule has 270 valence electrons. The van der Waals surface area contributed by atoms with Crippen LogP contribution in [0.3, 0.4) is 0 Å². The van der Waals surface area contributed by atoms with Crippen LogP contribution in [0.25, 0.3) is 0 Å². The first-order valence-electron chi connectivity index (χ1n) is 15.4. The van der Waals surface area contributed by atoms with Crippen molar-refractivity contribution in [3.05, 3.63) is 0 Å². The van der Waals surface area contributed by atoms with Crippen molar-refractivity contribution in [1.29, 1.82) is 0 Å². The predicted molar refractivity (Wildman–Crippen MR) is 174 cm³/mol. The fraction of sp³-hybridized carbons (Fsp3) is 0.714. The number of amides is 7. The number of rotatable bonds is 23. The Morgan fingerprint density at radius 2 is 1.42 bits per heavy atom. The Bertz CT molecular complexity index is 1190. The van der Waals surface area contributed by atoms with Crippen LogP contribution in [0.4, 0.5) is 0 Å². The summed E-state index contributed by atoms with van der Waals surface area (Å²) in [6, 6.07) is -1.04. The number of aliphatic hydroxyl groups excluding tert-OH is 3. The number of nitrogens with zero attached hydrogens (tertiary/aromatic N) is 3. The van der Waals surface area contributed by atoms with E-state index in [2.05, 4.69) is 16.0 Å². The van der Waals surface area contributed by atoms with Crippen LogP contribution in [0.15, 0.2) is 0 Å². The van der Waals surface area contributed by atoms with Crippen molar-refractivity contribution >= 4 is 70.7 Å². The van der Waals surface area contributed by atoms with E-state index >= 15 is 0 Å². The van der Waals surface area contributed by atoms with Gasteiger partial charge in [0, 0.05) is 76.6 Å². The first-order chi connectivity index (χ1) is 22.8. The summed E-state index contributed by atoms with van der Waals surface area (Å²) in [7, 11) is 0. The molecule has 0 aromatic carbocycles.